The maximum atomic E-state index is 13.3. The molecular weight excluding hydrogens is 457 g/mol. The van der Waals surface area contributed by atoms with Crippen LogP contribution in [0.3, 0.4) is 0 Å². The van der Waals surface area contributed by atoms with E-state index in [2.05, 4.69) is 4.98 Å². The lowest BCUT2D eigenvalue weighted by Gasteiger charge is -2.09. The molecule has 0 bridgehead atoms. The molecule has 0 aliphatic heterocycles. The normalized spacial score (nSPS) is 11.8. The summed E-state index contributed by atoms with van der Waals surface area (Å²) in [7, 11) is 0. The first-order valence-electron chi connectivity index (χ1n) is 9.16. The first-order valence-corrected chi connectivity index (χ1v) is 11.3. The zero-order valence-electron chi connectivity index (χ0n) is 15.7. The van der Waals surface area contributed by atoms with Crippen LogP contribution in [0.25, 0.3) is 17.0 Å². The van der Waals surface area contributed by atoms with Crippen LogP contribution in [0.15, 0.2) is 77.8 Å². The van der Waals surface area contributed by atoms with Crippen molar-refractivity contribution in [2.75, 3.05) is 0 Å². The van der Waals surface area contributed by atoms with Crippen LogP contribution < -0.4 is 0 Å². The molecule has 4 rings (SSSR count). The van der Waals surface area contributed by atoms with Gasteiger partial charge in [0.15, 0.2) is 5.78 Å². The SMILES string of the molecule is O=C(/C(=C\c1c[nH]c2ccccc12)SCc1ccc(Cl)cc1Cl)c1ccc(Cl)cc1. The van der Waals surface area contributed by atoms with E-state index in [-0.39, 0.29) is 5.78 Å². The fraction of sp³-hybridized carbons (Fsp3) is 0.0417. The zero-order valence-corrected chi connectivity index (χ0v) is 18.7. The van der Waals surface area contributed by atoms with Gasteiger partial charge in [-0.05, 0) is 54.1 Å². The molecule has 1 heterocycles. The summed E-state index contributed by atoms with van der Waals surface area (Å²) in [6, 6.07) is 20.3. The van der Waals surface area contributed by atoms with Crippen LogP contribution in [0.2, 0.25) is 15.1 Å². The molecule has 0 radical (unpaired) electrons. The summed E-state index contributed by atoms with van der Waals surface area (Å²) in [5, 5.41) is 2.82. The van der Waals surface area contributed by atoms with Gasteiger partial charge in [0.05, 0.1) is 4.91 Å². The number of aromatic nitrogens is 1. The van der Waals surface area contributed by atoms with Crippen molar-refractivity contribution in [3.8, 4) is 0 Å². The second-order valence-corrected chi connectivity index (χ2v) is 8.96. The number of benzene rings is 3. The number of ketones is 1. The van der Waals surface area contributed by atoms with Gasteiger partial charge in [-0.15, -0.1) is 11.8 Å². The van der Waals surface area contributed by atoms with E-state index >= 15 is 0 Å². The average molecular weight is 473 g/mol. The first-order chi connectivity index (χ1) is 14.5. The molecule has 0 fully saturated rings. The lowest BCUT2D eigenvalue weighted by atomic mass is 10.1. The van der Waals surface area contributed by atoms with E-state index in [9.17, 15) is 4.79 Å². The number of Topliss-reactive ketones (excluding diaryl/α,β-unsaturated/α-hetero) is 1. The molecule has 0 aliphatic carbocycles. The molecule has 6 heteroatoms. The molecule has 4 aromatic rings. The summed E-state index contributed by atoms with van der Waals surface area (Å²) < 4.78 is 0. The molecule has 1 aromatic heterocycles. The molecule has 1 N–H and O–H groups in total. The van der Waals surface area contributed by atoms with Crippen molar-refractivity contribution in [2.45, 2.75) is 5.75 Å². The van der Waals surface area contributed by atoms with Crippen LogP contribution >= 0.6 is 46.6 Å². The Balaban J connectivity index is 1.70. The average Bonchev–Trinajstić information content (AvgIpc) is 3.15. The van der Waals surface area contributed by atoms with E-state index in [0.29, 0.717) is 31.3 Å². The number of halogens is 3. The first kappa shape index (κ1) is 21.1. The number of aromatic amines is 1. The van der Waals surface area contributed by atoms with Crippen molar-refractivity contribution in [1.29, 1.82) is 0 Å². The number of hydrogen-bond acceptors (Lipinski definition) is 2. The Labute approximate surface area is 193 Å². The molecule has 0 saturated carbocycles. The third-order valence-electron chi connectivity index (χ3n) is 4.64. The van der Waals surface area contributed by atoms with Crippen molar-refractivity contribution < 1.29 is 4.79 Å². The molecular formula is C24H16Cl3NOS. The van der Waals surface area contributed by atoms with E-state index in [4.69, 9.17) is 34.8 Å². The predicted octanol–water partition coefficient (Wildman–Crippen LogP) is 8.29. The second-order valence-electron chi connectivity index (χ2n) is 6.66. The van der Waals surface area contributed by atoms with E-state index in [0.717, 1.165) is 22.0 Å². The van der Waals surface area contributed by atoms with Gasteiger partial charge in [-0.3, -0.25) is 4.79 Å². The van der Waals surface area contributed by atoms with Gasteiger partial charge in [-0.25, -0.2) is 0 Å². The number of H-pyrrole nitrogens is 1. The van der Waals surface area contributed by atoms with Crippen molar-refractivity contribution in [3.63, 3.8) is 0 Å². The number of thioether (sulfide) groups is 1. The number of rotatable bonds is 6. The maximum absolute atomic E-state index is 13.3. The molecule has 0 unspecified atom stereocenters. The molecule has 0 aliphatic rings. The largest absolute Gasteiger partial charge is 0.361 e. The summed E-state index contributed by atoms with van der Waals surface area (Å²) in [6.45, 7) is 0. The molecule has 30 heavy (non-hydrogen) atoms. The number of fused-ring (bicyclic) bond motifs is 1. The van der Waals surface area contributed by atoms with Gasteiger partial charge >= 0.3 is 0 Å². The lowest BCUT2D eigenvalue weighted by Crippen LogP contribution is -2.01. The van der Waals surface area contributed by atoms with Crippen LogP contribution in [0, 0.1) is 0 Å². The molecule has 2 nitrogen and oxygen atoms in total. The number of carbonyl (C=O) groups is 1. The van der Waals surface area contributed by atoms with E-state index in [1.54, 1.807) is 36.4 Å². The number of hydrogen-bond donors (Lipinski definition) is 1. The molecule has 0 atom stereocenters. The predicted molar refractivity (Wildman–Crippen MR) is 130 cm³/mol. The molecule has 150 valence electrons. The zero-order chi connectivity index (χ0) is 21.1. The van der Waals surface area contributed by atoms with Crippen LogP contribution in [-0.2, 0) is 5.75 Å². The molecule has 0 amide bonds. The standard InChI is InChI=1S/C24H16Cl3NOS/c25-18-8-5-15(6-9-18)24(29)23(30-14-16-7-10-19(26)12-21(16)27)11-17-13-28-22-4-2-1-3-20(17)22/h1-13,28H,14H2/b23-11+. The van der Waals surface area contributed by atoms with E-state index in [1.807, 2.05) is 42.6 Å². The Kier molecular flexibility index (Phi) is 6.55. The van der Waals surface area contributed by atoms with Crippen molar-refractivity contribution in [3.05, 3.63) is 110 Å². The van der Waals surface area contributed by atoms with Gasteiger partial charge in [0, 0.05) is 49.0 Å². The quantitative estimate of drug-likeness (QED) is 0.226. The molecule has 3 aromatic carbocycles. The van der Waals surface area contributed by atoms with E-state index < -0.39 is 0 Å². The summed E-state index contributed by atoms with van der Waals surface area (Å²) in [5.41, 5.74) is 3.48. The van der Waals surface area contributed by atoms with Crippen LogP contribution in [0.5, 0.6) is 0 Å². The highest BCUT2D eigenvalue weighted by atomic mass is 35.5. The Bertz CT molecular complexity index is 1250. The third kappa shape index (κ3) is 4.76. The van der Waals surface area contributed by atoms with Crippen molar-refractivity contribution in [1.82, 2.24) is 4.98 Å². The fourth-order valence-electron chi connectivity index (χ4n) is 3.07. The van der Waals surface area contributed by atoms with Crippen LogP contribution in [-0.4, -0.2) is 10.8 Å². The van der Waals surface area contributed by atoms with Gasteiger partial charge in [0.1, 0.15) is 0 Å². The van der Waals surface area contributed by atoms with Gasteiger partial charge < -0.3 is 4.98 Å². The van der Waals surface area contributed by atoms with Gasteiger partial charge in [-0.1, -0.05) is 59.1 Å². The molecule has 0 spiro atoms. The number of nitrogens with one attached hydrogen (secondary N) is 1. The molecule has 0 saturated heterocycles. The Morgan fingerprint density at radius 1 is 0.933 bits per heavy atom. The third-order valence-corrected chi connectivity index (χ3v) is 6.54. The van der Waals surface area contributed by atoms with Crippen molar-refractivity contribution >= 4 is 69.3 Å². The highest BCUT2D eigenvalue weighted by Crippen LogP contribution is 2.32. The Hall–Kier alpha value is -2.17. The number of carbonyl (C=O) groups excluding carboxylic acids is 1. The maximum Gasteiger partial charge on any atom is 0.199 e. The van der Waals surface area contributed by atoms with Gasteiger partial charge in [0.25, 0.3) is 0 Å². The summed E-state index contributed by atoms with van der Waals surface area (Å²) in [5.74, 6) is 0.482. The minimum Gasteiger partial charge on any atom is -0.361 e. The minimum absolute atomic E-state index is 0.0629. The minimum atomic E-state index is -0.0629. The summed E-state index contributed by atoms with van der Waals surface area (Å²) >= 11 is 19.8. The van der Waals surface area contributed by atoms with Gasteiger partial charge in [0.2, 0.25) is 0 Å². The summed E-state index contributed by atoms with van der Waals surface area (Å²) in [6.07, 6.45) is 3.83. The second kappa shape index (κ2) is 9.32. The smallest absolute Gasteiger partial charge is 0.199 e. The number of allylic oxidation sites excluding steroid dienone is 1. The van der Waals surface area contributed by atoms with Crippen LogP contribution in [0.4, 0.5) is 0 Å². The monoisotopic (exact) mass is 471 g/mol. The van der Waals surface area contributed by atoms with Crippen LogP contribution in [0.1, 0.15) is 21.5 Å². The fourth-order valence-corrected chi connectivity index (χ4v) is 4.77. The van der Waals surface area contributed by atoms with E-state index in [1.165, 1.54) is 11.8 Å². The van der Waals surface area contributed by atoms with Crippen molar-refractivity contribution in [2.24, 2.45) is 0 Å². The summed E-state index contributed by atoms with van der Waals surface area (Å²) in [4.78, 5) is 17.2. The Morgan fingerprint density at radius 2 is 1.67 bits per heavy atom. The Morgan fingerprint density at radius 3 is 2.43 bits per heavy atom. The van der Waals surface area contributed by atoms with Gasteiger partial charge in [-0.2, -0.15) is 0 Å². The highest BCUT2D eigenvalue weighted by molar-refractivity contribution is 8.03. The highest BCUT2D eigenvalue weighted by Gasteiger charge is 2.15. The topological polar surface area (TPSA) is 32.9 Å². The lowest BCUT2D eigenvalue weighted by molar-refractivity contribution is 0.104. The number of para-hydroxylation sites is 1.